The lowest BCUT2D eigenvalue weighted by Crippen LogP contribution is -2.48. The van der Waals surface area contributed by atoms with Crippen molar-refractivity contribution < 1.29 is 14.6 Å². The van der Waals surface area contributed by atoms with Crippen molar-refractivity contribution in [2.24, 2.45) is 0 Å². The van der Waals surface area contributed by atoms with Gasteiger partial charge in [0.15, 0.2) is 5.78 Å². The largest absolute Gasteiger partial charge is 0.491 e. The van der Waals surface area contributed by atoms with Crippen LogP contribution in [0.4, 0.5) is 0 Å². The molecule has 0 saturated carbocycles. The predicted molar refractivity (Wildman–Crippen MR) is 126 cm³/mol. The monoisotopic (exact) mass is 430 g/mol. The van der Waals surface area contributed by atoms with Crippen LogP contribution in [-0.2, 0) is 6.54 Å². The Morgan fingerprint density at radius 3 is 2.00 bits per heavy atom. The van der Waals surface area contributed by atoms with Crippen LogP contribution >= 0.6 is 0 Å². The van der Waals surface area contributed by atoms with E-state index < -0.39 is 6.10 Å². The molecule has 0 bridgehead atoms. The first-order valence-corrected chi connectivity index (χ1v) is 11.2. The van der Waals surface area contributed by atoms with Crippen LogP contribution in [0.25, 0.3) is 0 Å². The SMILES string of the molecule is O=C(c1ccccc1)c1ccc(OC[C@@H](O)CN2CCN(Cc3ccccc3)CC2)cc1. The maximum Gasteiger partial charge on any atom is 0.193 e. The summed E-state index contributed by atoms with van der Waals surface area (Å²) in [6, 6.07) is 26.9. The molecule has 0 radical (unpaired) electrons. The third-order valence-electron chi connectivity index (χ3n) is 5.78. The van der Waals surface area contributed by atoms with Crippen LogP contribution in [0.2, 0.25) is 0 Å². The van der Waals surface area contributed by atoms with Gasteiger partial charge in [0.25, 0.3) is 0 Å². The summed E-state index contributed by atoms with van der Waals surface area (Å²) in [4.78, 5) is 17.2. The van der Waals surface area contributed by atoms with Crippen molar-refractivity contribution in [3.05, 3.63) is 102 Å². The molecule has 0 aromatic heterocycles. The molecular weight excluding hydrogens is 400 g/mol. The van der Waals surface area contributed by atoms with Crippen molar-refractivity contribution >= 4 is 5.78 Å². The van der Waals surface area contributed by atoms with Crippen molar-refractivity contribution in [1.82, 2.24) is 9.80 Å². The smallest absolute Gasteiger partial charge is 0.193 e. The third kappa shape index (κ3) is 6.26. The van der Waals surface area contributed by atoms with Crippen LogP contribution in [0.5, 0.6) is 5.75 Å². The molecule has 1 aliphatic rings. The molecule has 0 aliphatic carbocycles. The maximum absolute atomic E-state index is 12.5. The number of aliphatic hydroxyl groups is 1. The fourth-order valence-electron chi connectivity index (χ4n) is 3.97. The van der Waals surface area contributed by atoms with Gasteiger partial charge in [0.1, 0.15) is 18.5 Å². The maximum atomic E-state index is 12.5. The van der Waals surface area contributed by atoms with Gasteiger partial charge < -0.3 is 9.84 Å². The van der Waals surface area contributed by atoms with E-state index in [1.807, 2.05) is 36.4 Å². The predicted octanol–water partition coefficient (Wildman–Crippen LogP) is 3.48. The fourth-order valence-corrected chi connectivity index (χ4v) is 3.97. The summed E-state index contributed by atoms with van der Waals surface area (Å²) in [7, 11) is 0. The Morgan fingerprint density at radius 1 is 0.781 bits per heavy atom. The quantitative estimate of drug-likeness (QED) is 0.527. The molecule has 1 atom stereocenters. The van der Waals surface area contributed by atoms with E-state index in [9.17, 15) is 9.90 Å². The lowest BCUT2D eigenvalue weighted by molar-refractivity contribution is 0.0446. The first-order chi connectivity index (χ1) is 15.7. The number of ether oxygens (including phenoxy) is 1. The van der Waals surface area contributed by atoms with Gasteiger partial charge in [-0.1, -0.05) is 60.7 Å². The summed E-state index contributed by atoms with van der Waals surface area (Å²) in [5.74, 6) is 0.643. The van der Waals surface area contributed by atoms with E-state index in [2.05, 4.69) is 34.1 Å². The standard InChI is InChI=1S/C27H30N2O3/c30-25(20-29-17-15-28(16-18-29)19-22-7-3-1-4-8-22)21-32-26-13-11-24(12-14-26)27(31)23-9-5-2-6-10-23/h1-14,25,30H,15-21H2/t25-/m0/s1. The second-order valence-corrected chi connectivity index (χ2v) is 8.25. The minimum absolute atomic E-state index is 0.0106. The summed E-state index contributed by atoms with van der Waals surface area (Å²) in [5, 5.41) is 10.4. The summed E-state index contributed by atoms with van der Waals surface area (Å²) >= 11 is 0. The van der Waals surface area contributed by atoms with Crippen molar-refractivity contribution in [2.75, 3.05) is 39.3 Å². The van der Waals surface area contributed by atoms with Gasteiger partial charge in [-0.05, 0) is 29.8 Å². The molecule has 4 rings (SSSR count). The van der Waals surface area contributed by atoms with Gasteiger partial charge in [0, 0.05) is 50.4 Å². The third-order valence-corrected chi connectivity index (χ3v) is 5.78. The number of piperazine rings is 1. The first-order valence-electron chi connectivity index (χ1n) is 11.2. The van der Waals surface area contributed by atoms with E-state index in [4.69, 9.17) is 4.74 Å². The number of rotatable bonds is 9. The zero-order valence-corrected chi connectivity index (χ0v) is 18.3. The lowest BCUT2D eigenvalue weighted by Gasteiger charge is -2.35. The number of hydrogen-bond donors (Lipinski definition) is 1. The molecule has 5 nitrogen and oxygen atoms in total. The number of carbonyl (C=O) groups excluding carboxylic acids is 1. The molecule has 1 aliphatic heterocycles. The average Bonchev–Trinajstić information content (AvgIpc) is 2.85. The Morgan fingerprint density at radius 2 is 1.34 bits per heavy atom. The van der Waals surface area contributed by atoms with Gasteiger partial charge in [-0.2, -0.15) is 0 Å². The topological polar surface area (TPSA) is 53.0 Å². The van der Waals surface area contributed by atoms with Gasteiger partial charge >= 0.3 is 0 Å². The average molecular weight is 431 g/mol. The Bertz CT molecular complexity index is 969. The van der Waals surface area contributed by atoms with Gasteiger partial charge in [-0.3, -0.25) is 14.6 Å². The molecule has 166 valence electrons. The zero-order valence-electron chi connectivity index (χ0n) is 18.3. The van der Waals surface area contributed by atoms with Gasteiger partial charge in [-0.15, -0.1) is 0 Å². The highest BCUT2D eigenvalue weighted by molar-refractivity contribution is 6.08. The Balaban J connectivity index is 1.18. The minimum Gasteiger partial charge on any atom is -0.491 e. The molecule has 1 saturated heterocycles. The molecule has 3 aromatic rings. The van der Waals surface area contributed by atoms with E-state index in [-0.39, 0.29) is 12.4 Å². The molecule has 5 heteroatoms. The van der Waals surface area contributed by atoms with E-state index >= 15 is 0 Å². The summed E-state index contributed by atoms with van der Waals surface area (Å²) in [6.07, 6.45) is -0.554. The zero-order chi connectivity index (χ0) is 22.2. The van der Waals surface area contributed by atoms with Crippen LogP contribution < -0.4 is 4.74 Å². The van der Waals surface area contributed by atoms with Crippen molar-refractivity contribution in [1.29, 1.82) is 0 Å². The van der Waals surface area contributed by atoms with Crippen molar-refractivity contribution in [3.8, 4) is 5.75 Å². The minimum atomic E-state index is -0.554. The molecule has 0 spiro atoms. The summed E-state index contributed by atoms with van der Waals surface area (Å²) in [5.41, 5.74) is 2.63. The van der Waals surface area contributed by atoms with Crippen LogP contribution in [0, 0.1) is 0 Å². The van der Waals surface area contributed by atoms with E-state index in [0.717, 1.165) is 32.7 Å². The van der Waals surface area contributed by atoms with Crippen LogP contribution in [0.3, 0.4) is 0 Å². The highest BCUT2D eigenvalue weighted by atomic mass is 16.5. The molecular formula is C27H30N2O3. The lowest BCUT2D eigenvalue weighted by atomic mass is 10.0. The van der Waals surface area contributed by atoms with Gasteiger partial charge in [0.05, 0.1) is 0 Å². The number of aliphatic hydroxyl groups excluding tert-OH is 1. The van der Waals surface area contributed by atoms with E-state index in [1.54, 1.807) is 24.3 Å². The molecule has 32 heavy (non-hydrogen) atoms. The van der Waals surface area contributed by atoms with Gasteiger partial charge in [0.2, 0.25) is 0 Å². The number of hydrogen-bond acceptors (Lipinski definition) is 5. The number of β-amino-alcohol motifs (C(OH)–C–C–N with tert-alkyl or cyclic N) is 1. The summed E-state index contributed by atoms with van der Waals surface area (Å²) in [6.45, 7) is 5.70. The highest BCUT2D eigenvalue weighted by Crippen LogP contribution is 2.16. The Kier molecular flexibility index (Phi) is 7.67. The number of ketones is 1. The number of benzene rings is 3. The van der Waals surface area contributed by atoms with Crippen molar-refractivity contribution in [3.63, 3.8) is 0 Å². The highest BCUT2D eigenvalue weighted by Gasteiger charge is 2.19. The first kappa shape index (κ1) is 22.2. The molecule has 1 heterocycles. The van der Waals surface area contributed by atoms with Crippen molar-refractivity contribution in [2.45, 2.75) is 12.6 Å². The second kappa shape index (κ2) is 11.0. The molecule has 3 aromatic carbocycles. The molecule has 1 N–H and O–H groups in total. The second-order valence-electron chi connectivity index (χ2n) is 8.25. The summed E-state index contributed by atoms with van der Waals surface area (Å²) < 4.78 is 5.75. The molecule has 1 fully saturated rings. The molecule has 0 amide bonds. The van der Waals surface area contributed by atoms with Crippen LogP contribution in [-0.4, -0.2) is 66.1 Å². The normalized spacial score (nSPS) is 15.9. The van der Waals surface area contributed by atoms with E-state index in [1.165, 1.54) is 5.56 Å². The van der Waals surface area contributed by atoms with Gasteiger partial charge in [-0.25, -0.2) is 0 Å². The fraction of sp³-hybridized carbons (Fsp3) is 0.296. The Hall–Kier alpha value is -2.99. The number of carbonyl (C=O) groups is 1. The number of nitrogens with zero attached hydrogens (tertiary/aromatic N) is 2. The Labute approximate surface area is 189 Å². The van der Waals surface area contributed by atoms with E-state index in [0.29, 0.717) is 23.4 Å². The van der Waals surface area contributed by atoms with Crippen LogP contribution in [0.15, 0.2) is 84.9 Å². The molecule has 0 unspecified atom stereocenters. The van der Waals surface area contributed by atoms with Crippen LogP contribution in [0.1, 0.15) is 21.5 Å².